The largest absolute Gasteiger partial charge is 0.309 e. The highest BCUT2D eigenvalue weighted by molar-refractivity contribution is 6.13. The average Bonchev–Trinajstić information content (AvgIpc) is 3.91. The number of fused-ring (bicyclic) bond motifs is 9. The SMILES string of the molecule is [C-]#[N+]c1ccc2c(c1)c1ccccc1n2-c1ccccc1-c1cc(C#N)cc(-n2c3ccccc3c3ccc(-n4c5ccccc5c5cc(C#N)ccc54)cc32)c1. The van der Waals surface area contributed by atoms with Crippen molar-refractivity contribution in [2.24, 2.45) is 0 Å². The van der Waals surface area contributed by atoms with Crippen molar-refractivity contribution in [3.05, 3.63) is 192 Å². The third-order valence-corrected chi connectivity index (χ3v) is 11.3. The zero-order chi connectivity index (χ0) is 38.2. The van der Waals surface area contributed by atoms with Gasteiger partial charge >= 0.3 is 0 Å². The van der Waals surface area contributed by atoms with Crippen molar-refractivity contribution >= 4 is 71.1 Å². The summed E-state index contributed by atoms with van der Waals surface area (Å²) in [6.45, 7) is 7.67. The Morgan fingerprint density at radius 3 is 1.68 bits per heavy atom. The molecule has 0 aliphatic carbocycles. The van der Waals surface area contributed by atoms with Gasteiger partial charge in [-0.2, -0.15) is 10.5 Å². The maximum absolute atomic E-state index is 10.5. The van der Waals surface area contributed by atoms with Gasteiger partial charge in [-0.15, -0.1) is 0 Å². The number of aromatic nitrogens is 3. The fraction of sp³-hybridized carbons (Fsp3) is 0. The van der Waals surface area contributed by atoms with Gasteiger partial charge in [-0.25, -0.2) is 4.85 Å². The second-order valence-corrected chi connectivity index (χ2v) is 14.3. The summed E-state index contributed by atoms with van der Waals surface area (Å²) in [5.74, 6) is 0. The molecule has 0 radical (unpaired) electrons. The Bertz CT molecular complexity index is 3630. The van der Waals surface area contributed by atoms with Gasteiger partial charge in [0, 0.05) is 43.9 Å². The monoisotopic (exact) mass is 724 g/mol. The van der Waals surface area contributed by atoms with Gasteiger partial charge in [0.05, 0.1) is 68.6 Å². The predicted octanol–water partition coefficient (Wildman–Crippen LogP) is 12.9. The van der Waals surface area contributed by atoms with Crippen LogP contribution in [0.4, 0.5) is 5.69 Å². The molecule has 11 rings (SSSR count). The van der Waals surface area contributed by atoms with E-state index in [0.29, 0.717) is 16.8 Å². The molecule has 0 fully saturated rings. The molecule has 0 spiro atoms. The number of benzene rings is 8. The number of hydrogen-bond donors (Lipinski definition) is 0. The van der Waals surface area contributed by atoms with Crippen LogP contribution in [-0.2, 0) is 0 Å². The average molecular weight is 725 g/mol. The molecule has 6 heteroatoms. The molecular formula is C51H28N6. The molecule has 6 nitrogen and oxygen atoms in total. The summed E-state index contributed by atoms with van der Waals surface area (Å²) in [7, 11) is 0. The van der Waals surface area contributed by atoms with Crippen molar-refractivity contribution in [3.8, 4) is 40.3 Å². The van der Waals surface area contributed by atoms with Crippen LogP contribution < -0.4 is 0 Å². The lowest BCUT2D eigenvalue weighted by Crippen LogP contribution is -2.00. The minimum atomic E-state index is 0.555. The van der Waals surface area contributed by atoms with E-state index in [2.05, 4.69) is 122 Å². The lowest BCUT2D eigenvalue weighted by Gasteiger charge is -2.16. The summed E-state index contributed by atoms with van der Waals surface area (Å²) in [6, 6.07) is 62.7. The third kappa shape index (κ3) is 4.74. The molecule has 0 saturated carbocycles. The van der Waals surface area contributed by atoms with Crippen molar-refractivity contribution in [1.29, 1.82) is 10.5 Å². The number of rotatable bonds is 4. The summed E-state index contributed by atoms with van der Waals surface area (Å²) in [5, 5.41) is 26.7. The van der Waals surface area contributed by atoms with Crippen LogP contribution in [-0.4, -0.2) is 13.7 Å². The van der Waals surface area contributed by atoms with Crippen molar-refractivity contribution < 1.29 is 0 Å². The van der Waals surface area contributed by atoms with E-state index in [9.17, 15) is 10.5 Å². The van der Waals surface area contributed by atoms with Gasteiger partial charge in [-0.1, -0.05) is 84.9 Å². The minimum Gasteiger partial charge on any atom is -0.309 e. The van der Waals surface area contributed by atoms with Crippen LogP contribution in [0.2, 0.25) is 0 Å². The van der Waals surface area contributed by atoms with Crippen molar-refractivity contribution in [3.63, 3.8) is 0 Å². The van der Waals surface area contributed by atoms with Gasteiger partial charge in [0.2, 0.25) is 0 Å². The van der Waals surface area contributed by atoms with Crippen LogP contribution in [0.5, 0.6) is 0 Å². The smallest absolute Gasteiger partial charge is 0.188 e. The summed E-state index contributed by atoms with van der Waals surface area (Å²) in [6.07, 6.45) is 0. The molecule has 0 amide bonds. The van der Waals surface area contributed by atoms with Gasteiger partial charge in [0.15, 0.2) is 5.69 Å². The minimum absolute atomic E-state index is 0.555. The molecule has 11 aromatic rings. The number of nitriles is 2. The van der Waals surface area contributed by atoms with E-state index in [-0.39, 0.29) is 0 Å². The fourth-order valence-electron chi connectivity index (χ4n) is 8.86. The van der Waals surface area contributed by atoms with E-state index >= 15 is 0 Å². The molecule has 3 aromatic heterocycles. The van der Waals surface area contributed by atoms with Gasteiger partial charge in [-0.05, 0) is 95.9 Å². The predicted molar refractivity (Wildman–Crippen MR) is 231 cm³/mol. The Hall–Kier alpha value is -8.37. The molecule has 262 valence electrons. The van der Waals surface area contributed by atoms with Gasteiger partial charge in [0.25, 0.3) is 0 Å². The maximum Gasteiger partial charge on any atom is 0.188 e. The van der Waals surface area contributed by atoms with Crippen LogP contribution in [0.25, 0.3) is 98.5 Å². The standard InChI is InChI=1S/C51H28N6/c1-54-35-19-23-50-44(28-35)41-13-5-9-17-48(41)57(50)45-14-6-2-10-38(45)34-24-33(31-53)25-37(27-34)56-46-15-7-3-11-39(46)42-21-20-36(29-51(42)56)55-47-16-8-4-12-40(47)43-26-32(30-52)18-22-49(43)55/h2-29H. The second-order valence-electron chi connectivity index (χ2n) is 14.3. The van der Waals surface area contributed by atoms with Crippen LogP contribution in [0.3, 0.4) is 0 Å². The molecule has 3 heterocycles. The Kier molecular flexibility index (Phi) is 6.95. The first-order chi connectivity index (χ1) is 28.1. The third-order valence-electron chi connectivity index (χ3n) is 11.3. The molecule has 0 unspecified atom stereocenters. The molecule has 57 heavy (non-hydrogen) atoms. The number of nitrogens with zero attached hydrogens (tertiary/aromatic N) is 6. The number of hydrogen-bond acceptors (Lipinski definition) is 2. The van der Waals surface area contributed by atoms with Crippen LogP contribution in [0.15, 0.2) is 170 Å². The van der Waals surface area contributed by atoms with Gasteiger partial charge in [-0.3, -0.25) is 0 Å². The Labute approximate surface area is 326 Å². The molecule has 0 atom stereocenters. The first-order valence-corrected chi connectivity index (χ1v) is 18.7. The van der Waals surface area contributed by atoms with E-state index in [1.165, 1.54) is 0 Å². The summed E-state index contributed by atoms with van der Waals surface area (Å²) in [4.78, 5) is 3.72. The van der Waals surface area contributed by atoms with Crippen LogP contribution in [0.1, 0.15) is 11.1 Å². The lowest BCUT2D eigenvalue weighted by molar-refractivity contribution is 1.15. The van der Waals surface area contributed by atoms with E-state index in [1.807, 2.05) is 78.9 Å². The summed E-state index contributed by atoms with van der Waals surface area (Å²) >= 11 is 0. The molecular weight excluding hydrogens is 697 g/mol. The van der Waals surface area contributed by atoms with Gasteiger partial charge in [0.1, 0.15) is 0 Å². The summed E-state index contributed by atoms with van der Waals surface area (Å²) < 4.78 is 6.81. The summed E-state index contributed by atoms with van der Waals surface area (Å²) in [5.41, 5.74) is 12.7. The molecule has 8 aromatic carbocycles. The highest BCUT2D eigenvalue weighted by Crippen LogP contribution is 2.41. The van der Waals surface area contributed by atoms with Crippen LogP contribution in [0, 0.1) is 29.2 Å². The normalized spacial score (nSPS) is 11.5. The number of para-hydroxylation sites is 4. The molecule has 0 aliphatic rings. The molecule has 0 aliphatic heterocycles. The zero-order valence-electron chi connectivity index (χ0n) is 30.3. The van der Waals surface area contributed by atoms with Crippen molar-refractivity contribution in [2.75, 3.05) is 0 Å². The second kappa shape index (κ2) is 12.3. The van der Waals surface area contributed by atoms with Crippen LogP contribution >= 0.6 is 0 Å². The molecule has 0 bridgehead atoms. The topological polar surface area (TPSA) is 66.7 Å². The first-order valence-electron chi connectivity index (χ1n) is 18.7. The first kappa shape index (κ1) is 32.1. The lowest BCUT2D eigenvalue weighted by atomic mass is 10.00. The quantitative estimate of drug-likeness (QED) is 0.170. The van der Waals surface area contributed by atoms with E-state index in [1.54, 1.807) is 0 Å². The maximum atomic E-state index is 10.5. The highest BCUT2D eigenvalue weighted by atomic mass is 15.0. The Balaban J connectivity index is 1.16. The Morgan fingerprint density at radius 1 is 0.404 bits per heavy atom. The Morgan fingerprint density at radius 2 is 0.965 bits per heavy atom. The molecule has 0 N–H and O–H groups in total. The fourth-order valence-corrected chi connectivity index (χ4v) is 8.86. The van der Waals surface area contributed by atoms with E-state index in [0.717, 1.165) is 93.6 Å². The zero-order valence-corrected chi connectivity index (χ0v) is 30.3. The molecule has 0 saturated heterocycles. The van der Waals surface area contributed by atoms with E-state index in [4.69, 9.17) is 6.57 Å². The van der Waals surface area contributed by atoms with E-state index < -0.39 is 0 Å². The highest BCUT2D eigenvalue weighted by Gasteiger charge is 2.20. The van der Waals surface area contributed by atoms with Gasteiger partial charge < -0.3 is 13.7 Å². The van der Waals surface area contributed by atoms with Crippen molar-refractivity contribution in [1.82, 2.24) is 13.7 Å². The van der Waals surface area contributed by atoms with Crippen molar-refractivity contribution in [2.45, 2.75) is 0 Å².